The van der Waals surface area contributed by atoms with Crippen LogP contribution in [0.5, 0.6) is 0 Å². The second kappa shape index (κ2) is 12.7. The molecule has 1 aliphatic heterocycles. The van der Waals surface area contributed by atoms with Crippen molar-refractivity contribution in [3.8, 4) is 6.07 Å². The molecule has 1 saturated heterocycles. The topological polar surface area (TPSA) is 68.6 Å². The van der Waals surface area contributed by atoms with Crippen molar-refractivity contribution in [2.45, 2.75) is 12.3 Å². The van der Waals surface area contributed by atoms with E-state index in [2.05, 4.69) is 64.8 Å². The third-order valence-electron chi connectivity index (χ3n) is 6.46. The van der Waals surface area contributed by atoms with Gasteiger partial charge in [0.15, 0.2) is 0 Å². The summed E-state index contributed by atoms with van der Waals surface area (Å²) < 4.78 is 5.47. The monoisotopic (exact) mass is 468 g/mol. The standard InChI is InChI=1S/C29H32N4O2/c30-23-26-13-7-8-14-28(26)31-29(34)33(18-17-32-19-21-35-22-20-32)16-15-27(24-9-3-1-4-10-24)25-11-5-2-6-12-25/h1-14,27H,15-22H2,(H,31,34). The van der Waals surface area contributed by atoms with Crippen LogP contribution in [-0.4, -0.2) is 61.8 Å². The number of rotatable bonds is 9. The first kappa shape index (κ1) is 24.5. The predicted molar refractivity (Wildman–Crippen MR) is 138 cm³/mol. The molecule has 1 heterocycles. The van der Waals surface area contributed by atoms with Crippen LogP contribution >= 0.6 is 0 Å². The fourth-order valence-corrected chi connectivity index (χ4v) is 4.47. The summed E-state index contributed by atoms with van der Waals surface area (Å²) >= 11 is 0. The maximum atomic E-state index is 13.4. The van der Waals surface area contributed by atoms with Gasteiger partial charge in [-0.25, -0.2) is 4.79 Å². The molecule has 1 fully saturated rings. The van der Waals surface area contributed by atoms with Gasteiger partial charge in [-0.1, -0.05) is 72.8 Å². The Morgan fingerprint density at radius 3 is 2.14 bits per heavy atom. The lowest BCUT2D eigenvalue weighted by Gasteiger charge is -2.31. The summed E-state index contributed by atoms with van der Waals surface area (Å²) in [6, 6.07) is 30.0. The van der Waals surface area contributed by atoms with E-state index >= 15 is 0 Å². The second-order valence-electron chi connectivity index (χ2n) is 8.69. The van der Waals surface area contributed by atoms with E-state index in [0.29, 0.717) is 24.3 Å². The Balaban J connectivity index is 1.51. The van der Waals surface area contributed by atoms with E-state index in [-0.39, 0.29) is 11.9 Å². The SMILES string of the molecule is N#Cc1ccccc1NC(=O)N(CCC(c1ccccc1)c1ccccc1)CCN1CCOCC1. The van der Waals surface area contributed by atoms with Crippen molar-refractivity contribution < 1.29 is 9.53 Å². The molecule has 0 atom stereocenters. The molecule has 0 aromatic heterocycles. The number of hydrogen-bond donors (Lipinski definition) is 1. The molecule has 35 heavy (non-hydrogen) atoms. The Hall–Kier alpha value is -3.66. The van der Waals surface area contributed by atoms with Gasteiger partial charge in [-0.3, -0.25) is 4.90 Å². The van der Waals surface area contributed by atoms with Gasteiger partial charge in [0.05, 0.1) is 24.5 Å². The zero-order chi connectivity index (χ0) is 24.3. The molecule has 1 N–H and O–H groups in total. The Labute approximate surface area is 207 Å². The number of ether oxygens (including phenoxy) is 1. The van der Waals surface area contributed by atoms with Crippen LogP contribution in [0.15, 0.2) is 84.9 Å². The maximum Gasteiger partial charge on any atom is 0.321 e. The first-order valence-corrected chi connectivity index (χ1v) is 12.2. The van der Waals surface area contributed by atoms with Crippen LogP contribution in [0.1, 0.15) is 29.0 Å². The summed E-state index contributed by atoms with van der Waals surface area (Å²) in [7, 11) is 0. The number of nitrogens with zero attached hydrogens (tertiary/aromatic N) is 3. The minimum absolute atomic E-state index is 0.180. The normalized spacial score (nSPS) is 13.8. The maximum absolute atomic E-state index is 13.4. The van der Waals surface area contributed by atoms with Crippen LogP contribution < -0.4 is 5.32 Å². The molecule has 3 aromatic rings. The van der Waals surface area contributed by atoms with E-state index in [9.17, 15) is 10.1 Å². The number of amides is 2. The number of carbonyl (C=O) groups is 1. The fraction of sp³-hybridized carbons (Fsp3) is 0.310. The van der Waals surface area contributed by atoms with Crippen molar-refractivity contribution >= 4 is 11.7 Å². The molecular formula is C29H32N4O2. The van der Waals surface area contributed by atoms with Crippen molar-refractivity contribution in [1.29, 1.82) is 5.26 Å². The summed E-state index contributed by atoms with van der Waals surface area (Å²) in [5.41, 5.74) is 3.48. The summed E-state index contributed by atoms with van der Waals surface area (Å²) in [6.45, 7) is 5.21. The zero-order valence-corrected chi connectivity index (χ0v) is 20.0. The lowest BCUT2D eigenvalue weighted by atomic mass is 9.88. The van der Waals surface area contributed by atoms with Crippen molar-refractivity contribution in [2.24, 2.45) is 0 Å². The van der Waals surface area contributed by atoms with Crippen LogP contribution in [0.3, 0.4) is 0 Å². The first-order valence-electron chi connectivity index (χ1n) is 12.2. The second-order valence-corrected chi connectivity index (χ2v) is 8.69. The Morgan fingerprint density at radius 2 is 1.51 bits per heavy atom. The summed E-state index contributed by atoms with van der Waals surface area (Å²) in [6.07, 6.45) is 0.796. The molecular weight excluding hydrogens is 436 g/mol. The number of hydrogen-bond acceptors (Lipinski definition) is 4. The van der Waals surface area contributed by atoms with Gasteiger partial charge >= 0.3 is 6.03 Å². The minimum atomic E-state index is -0.180. The molecule has 3 aromatic carbocycles. The number of para-hydroxylation sites is 1. The highest BCUT2D eigenvalue weighted by molar-refractivity contribution is 5.90. The van der Waals surface area contributed by atoms with Gasteiger partial charge in [0.25, 0.3) is 0 Å². The highest BCUT2D eigenvalue weighted by Gasteiger charge is 2.21. The molecule has 4 rings (SSSR count). The highest BCUT2D eigenvalue weighted by atomic mass is 16.5. The Bertz CT molecular complexity index is 1070. The molecule has 2 amide bonds. The minimum Gasteiger partial charge on any atom is -0.379 e. The average Bonchev–Trinajstić information content (AvgIpc) is 2.92. The van der Waals surface area contributed by atoms with E-state index in [1.54, 1.807) is 18.2 Å². The number of benzene rings is 3. The van der Waals surface area contributed by atoms with Gasteiger partial charge in [0, 0.05) is 38.6 Å². The van der Waals surface area contributed by atoms with Gasteiger partial charge in [0.1, 0.15) is 6.07 Å². The van der Waals surface area contributed by atoms with Gasteiger partial charge in [-0.05, 0) is 29.7 Å². The molecule has 0 spiro atoms. The van der Waals surface area contributed by atoms with E-state index < -0.39 is 0 Å². The van der Waals surface area contributed by atoms with Crippen LogP contribution in [-0.2, 0) is 4.74 Å². The molecule has 0 radical (unpaired) electrons. The Kier molecular flexibility index (Phi) is 8.88. The number of nitriles is 1. The van der Waals surface area contributed by atoms with Crippen molar-refractivity contribution in [3.05, 3.63) is 102 Å². The number of nitrogens with one attached hydrogen (secondary N) is 1. The number of anilines is 1. The van der Waals surface area contributed by atoms with Gasteiger partial charge in [-0.15, -0.1) is 0 Å². The molecule has 0 saturated carbocycles. The molecule has 0 unspecified atom stereocenters. The van der Waals surface area contributed by atoms with E-state index in [0.717, 1.165) is 39.3 Å². The summed E-state index contributed by atoms with van der Waals surface area (Å²) in [5, 5.41) is 12.4. The average molecular weight is 469 g/mol. The third-order valence-corrected chi connectivity index (χ3v) is 6.46. The number of urea groups is 1. The molecule has 6 nitrogen and oxygen atoms in total. The van der Waals surface area contributed by atoms with Crippen LogP contribution in [0.2, 0.25) is 0 Å². The quantitative estimate of drug-likeness (QED) is 0.483. The summed E-state index contributed by atoms with van der Waals surface area (Å²) in [4.78, 5) is 17.6. The zero-order valence-electron chi connectivity index (χ0n) is 20.0. The molecule has 180 valence electrons. The fourth-order valence-electron chi connectivity index (χ4n) is 4.47. The first-order chi connectivity index (χ1) is 17.2. The van der Waals surface area contributed by atoms with Crippen molar-refractivity contribution in [2.75, 3.05) is 51.3 Å². The number of morpholine rings is 1. The number of carbonyl (C=O) groups excluding carboxylic acids is 1. The smallest absolute Gasteiger partial charge is 0.321 e. The largest absolute Gasteiger partial charge is 0.379 e. The van der Waals surface area contributed by atoms with Gasteiger partial charge < -0.3 is 15.0 Å². The molecule has 0 aliphatic carbocycles. The van der Waals surface area contributed by atoms with Crippen LogP contribution in [0.4, 0.5) is 10.5 Å². The van der Waals surface area contributed by atoms with Gasteiger partial charge in [0.2, 0.25) is 0 Å². The lowest BCUT2D eigenvalue weighted by Crippen LogP contribution is -2.44. The summed E-state index contributed by atoms with van der Waals surface area (Å²) in [5.74, 6) is 0.183. The molecule has 6 heteroatoms. The van der Waals surface area contributed by atoms with Crippen LogP contribution in [0.25, 0.3) is 0 Å². The van der Waals surface area contributed by atoms with Crippen LogP contribution in [0, 0.1) is 11.3 Å². The predicted octanol–water partition coefficient (Wildman–Crippen LogP) is 4.95. The third kappa shape index (κ3) is 6.92. The van der Waals surface area contributed by atoms with E-state index in [1.807, 2.05) is 23.1 Å². The lowest BCUT2D eigenvalue weighted by molar-refractivity contribution is 0.0351. The Morgan fingerprint density at radius 1 is 0.914 bits per heavy atom. The van der Waals surface area contributed by atoms with Gasteiger partial charge in [-0.2, -0.15) is 5.26 Å². The van der Waals surface area contributed by atoms with E-state index in [1.165, 1.54) is 11.1 Å². The van der Waals surface area contributed by atoms with Crippen molar-refractivity contribution in [1.82, 2.24) is 9.80 Å². The van der Waals surface area contributed by atoms with E-state index in [4.69, 9.17) is 4.74 Å². The molecule has 0 bridgehead atoms. The molecule has 1 aliphatic rings. The highest BCUT2D eigenvalue weighted by Crippen LogP contribution is 2.28. The van der Waals surface area contributed by atoms with Crippen molar-refractivity contribution in [3.63, 3.8) is 0 Å².